The summed E-state index contributed by atoms with van der Waals surface area (Å²) >= 11 is 0. The van der Waals surface area contributed by atoms with Crippen LogP contribution in [0.1, 0.15) is 38.7 Å². The van der Waals surface area contributed by atoms with Crippen molar-refractivity contribution in [2.45, 2.75) is 45.3 Å². The van der Waals surface area contributed by atoms with E-state index in [0.29, 0.717) is 0 Å². The highest BCUT2D eigenvalue weighted by atomic mass is 19.4. The molecule has 0 spiro atoms. The van der Waals surface area contributed by atoms with Crippen molar-refractivity contribution in [1.29, 1.82) is 0 Å². The zero-order valence-electron chi connectivity index (χ0n) is 15.7. The van der Waals surface area contributed by atoms with Gasteiger partial charge in [0.15, 0.2) is 6.61 Å². The van der Waals surface area contributed by atoms with Crippen LogP contribution in [-0.4, -0.2) is 37.0 Å². The summed E-state index contributed by atoms with van der Waals surface area (Å²) in [6.45, 7) is 3.30. The van der Waals surface area contributed by atoms with E-state index in [4.69, 9.17) is 4.74 Å². The van der Waals surface area contributed by atoms with Gasteiger partial charge in [-0.05, 0) is 31.0 Å². The molecule has 1 aromatic rings. The van der Waals surface area contributed by atoms with Crippen LogP contribution < -0.4 is 10.2 Å². The highest BCUT2D eigenvalue weighted by Gasteiger charge is 2.37. The van der Waals surface area contributed by atoms with Gasteiger partial charge in [0.1, 0.15) is 0 Å². The number of esters is 1. The standard InChI is InChI=1S/C19H23F3N2O4/c1-3-14(4-2)23-16(25)11-28-18(27)12-8-17(26)24(10-12)15-7-5-6-13(9-15)19(20,21)22/h5-7,9,12,14H,3-4,8,10-11H2,1-2H3,(H,23,25)/t12-/m0/s1. The number of anilines is 1. The summed E-state index contributed by atoms with van der Waals surface area (Å²) in [5, 5.41) is 2.73. The third kappa shape index (κ3) is 5.46. The van der Waals surface area contributed by atoms with Crippen LogP contribution in [0, 0.1) is 5.92 Å². The number of hydrogen-bond acceptors (Lipinski definition) is 4. The Morgan fingerprint density at radius 3 is 2.57 bits per heavy atom. The van der Waals surface area contributed by atoms with Crippen molar-refractivity contribution in [1.82, 2.24) is 5.32 Å². The molecule has 1 aliphatic heterocycles. The fraction of sp³-hybridized carbons (Fsp3) is 0.526. The summed E-state index contributed by atoms with van der Waals surface area (Å²) in [6.07, 6.45) is -3.21. The first kappa shape index (κ1) is 21.7. The van der Waals surface area contributed by atoms with Crippen LogP contribution in [0.5, 0.6) is 0 Å². The van der Waals surface area contributed by atoms with E-state index >= 15 is 0 Å². The molecule has 1 fully saturated rings. The predicted molar refractivity (Wildman–Crippen MR) is 95.4 cm³/mol. The highest BCUT2D eigenvalue weighted by molar-refractivity contribution is 5.99. The lowest BCUT2D eigenvalue weighted by Crippen LogP contribution is -2.37. The van der Waals surface area contributed by atoms with Crippen LogP contribution in [0.25, 0.3) is 0 Å². The van der Waals surface area contributed by atoms with E-state index in [0.717, 1.165) is 29.9 Å². The number of ether oxygens (including phenoxy) is 1. The zero-order valence-corrected chi connectivity index (χ0v) is 15.7. The average Bonchev–Trinajstić information content (AvgIpc) is 3.05. The molecule has 2 rings (SSSR count). The number of alkyl halides is 3. The minimum Gasteiger partial charge on any atom is -0.455 e. The number of halogens is 3. The van der Waals surface area contributed by atoms with Crippen LogP contribution in [0.4, 0.5) is 18.9 Å². The summed E-state index contributed by atoms with van der Waals surface area (Å²) in [7, 11) is 0. The molecule has 0 radical (unpaired) electrons. The molecule has 1 aliphatic rings. The molecule has 0 saturated carbocycles. The Morgan fingerprint density at radius 2 is 1.96 bits per heavy atom. The molecular weight excluding hydrogens is 377 g/mol. The molecule has 2 amide bonds. The van der Waals surface area contributed by atoms with Gasteiger partial charge in [-0.2, -0.15) is 13.2 Å². The number of nitrogens with one attached hydrogen (secondary N) is 1. The minimum atomic E-state index is -4.53. The lowest BCUT2D eigenvalue weighted by atomic mass is 10.1. The maximum absolute atomic E-state index is 12.9. The Labute approximate surface area is 161 Å². The number of amides is 2. The minimum absolute atomic E-state index is 0.00402. The number of benzene rings is 1. The van der Waals surface area contributed by atoms with Gasteiger partial charge in [0.05, 0.1) is 11.5 Å². The molecule has 0 aromatic heterocycles. The summed E-state index contributed by atoms with van der Waals surface area (Å²) in [5.74, 6) is -2.45. The molecule has 1 heterocycles. The fourth-order valence-corrected chi connectivity index (χ4v) is 2.98. The summed E-state index contributed by atoms with van der Waals surface area (Å²) in [5.41, 5.74) is -0.802. The van der Waals surface area contributed by atoms with Gasteiger partial charge < -0.3 is 15.0 Å². The van der Waals surface area contributed by atoms with E-state index in [-0.39, 0.29) is 24.7 Å². The van der Waals surface area contributed by atoms with Crippen molar-refractivity contribution in [3.8, 4) is 0 Å². The van der Waals surface area contributed by atoms with Gasteiger partial charge in [0, 0.05) is 24.7 Å². The number of hydrogen-bond donors (Lipinski definition) is 1. The second-order valence-corrected chi connectivity index (χ2v) is 6.64. The summed E-state index contributed by atoms with van der Waals surface area (Å²) in [6, 6.07) is 4.36. The molecule has 1 atom stereocenters. The zero-order chi connectivity index (χ0) is 20.9. The quantitative estimate of drug-likeness (QED) is 0.714. The first-order valence-electron chi connectivity index (χ1n) is 9.09. The first-order chi connectivity index (χ1) is 13.2. The lowest BCUT2D eigenvalue weighted by molar-refractivity contribution is -0.152. The summed E-state index contributed by atoms with van der Waals surface area (Å²) < 4.78 is 43.6. The average molecular weight is 400 g/mol. The molecule has 1 aromatic carbocycles. The topological polar surface area (TPSA) is 75.7 Å². The number of nitrogens with zero attached hydrogens (tertiary/aromatic N) is 1. The normalized spacial score (nSPS) is 17.1. The van der Waals surface area contributed by atoms with Crippen molar-refractivity contribution in [2.24, 2.45) is 5.92 Å². The summed E-state index contributed by atoms with van der Waals surface area (Å²) in [4.78, 5) is 37.3. The Morgan fingerprint density at radius 1 is 1.29 bits per heavy atom. The van der Waals surface area contributed by atoms with Crippen molar-refractivity contribution in [3.63, 3.8) is 0 Å². The van der Waals surface area contributed by atoms with E-state index in [1.807, 2.05) is 13.8 Å². The van der Waals surface area contributed by atoms with Crippen LogP contribution >= 0.6 is 0 Å². The van der Waals surface area contributed by atoms with Crippen LogP contribution in [0.15, 0.2) is 24.3 Å². The molecule has 154 valence electrons. The Kier molecular flexibility index (Phi) is 7.04. The van der Waals surface area contributed by atoms with E-state index in [1.165, 1.54) is 12.1 Å². The fourth-order valence-electron chi connectivity index (χ4n) is 2.98. The molecule has 28 heavy (non-hydrogen) atoms. The SMILES string of the molecule is CCC(CC)NC(=O)COC(=O)[C@H]1CC(=O)N(c2cccc(C(F)(F)F)c2)C1. The number of carbonyl (C=O) groups excluding carboxylic acids is 3. The van der Waals surface area contributed by atoms with Gasteiger partial charge in [-0.15, -0.1) is 0 Å². The Balaban J connectivity index is 1.95. The van der Waals surface area contributed by atoms with Gasteiger partial charge >= 0.3 is 12.1 Å². The van der Waals surface area contributed by atoms with Crippen molar-refractivity contribution in [3.05, 3.63) is 29.8 Å². The number of rotatable bonds is 7. The van der Waals surface area contributed by atoms with Crippen LogP contribution in [0.2, 0.25) is 0 Å². The van der Waals surface area contributed by atoms with Crippen molar-refractivity contribution < 1.29 is 32.3 Å². The number of carbonyl (C=O) groups is 3. The Bertz CT molecular complexity index is 732. The largest absolute Gasteiger partial charge is 0.455 e. The first-order valence-corrected chi connectivity index (χ1v) is 9.09. The van der Waals surface area contributed by atoms with E-state index in [9.17, 15) is 27.6 Å². The monoisotopic (exact) mass is 400 g/mol. The Hall–Kier alpha value is -2.58. The van der Waals surface area contributed by atoms with Crippen LogP contribution in [-0.2, 0) is 25.3 Å². The smallest absolute Gasteiger partial charge is 0.416 e. The third-order valence-corrected chi connectivity index (χ3v) is 4.64. The second-order valence-electron chi connectivity index (χ2n) is 6.64. The lowest BCUT2D eigenvalue weighted by Gasteiger charge is -2.18. The van der Waals surface area contributed by atoms with Crippen molar-refractivity contribution in [2.75, 3.05) is 18.1 Å². The molecule has 0 aliphatic carbocycles. The van der Waals surface area contributed by atoms with Crippen LogP contribution in [0.3, 0.4) is 0 Å². The van der Waals surface area contributed by atoms with Gasteiger partial charge in [0.2, 0.25) is 5.91 Å². The molecule has 1 N–H and O–H groups in total. The van der Waals surface area contributed by atoms with Crippen molar-refractivity contribution >= 4 is 23.5 Å². The third-order valence-electron chi connectivity index (χ3n) is 4.64. The second kappa shape index (κ2) is 9.07. The highest BCUT2D eigenvalue weighted by Crippen LogP contribution is 2.33. The molecule has 0 bridgehead atoms. The molecule has 6 nitrogen and oxygen atoms in total. The predicted octanol–water partition coefficient (Wildman–Crippen LogP) is 2.91. The maximum atomic E-state index is 12.9. The van der Waals surface area contributed by atoms with Gasteiger partial charge in [0.25, 0.3) is 5.91 Å². The molecular formula is C19H23F3N2O4. The maximum Gasteiger partial charge on any atom is 0.416 e. The van der Waals surface area contributed by atoms with Gasteiger partial charge in [-0.25, -0.2) is 0 Å². The van der Waals surface area contributed by atoms with E-state index in [2.05, 4.69) is 5.32 Å². The van der Waals surface area contributed by atoms with Gasteiger partial charge in [-0.1, -0.05) is 19.9 Å². The molecule has 1 saturated heterocycles. The van der Waals surface area contributed by atoms with Gasteiger partial charge in [-0.3, -0.25) is 14.4 Å². The van der Waals surface area contributed by atoms with E-state index < -0.39 is 42.0 Å². The van der Waals surface area contributed by atoms with E-state index in [1.54, 1.807) is 0 Å². The molecule has 0 unspecified atom stereocenters. The molecule has 9 heteroatoms.